The Bertz CT molecular complexity index is 746. The molecule has 1 N–H and O–H groups in total. The van der Waals surface area contributed by atoms with E-state index in [1.807, 2.05) is 33.8 Å². The Labute approximate surface area is 154 Å². The van der Waals surface area contributed by atoms with Gasteiger partial charge in [-0.05, 0) is 52.5 Å². The maximum absolute atomic E-state index is 13.0. The number of carbonyl (C=O) groups excluding carboxylic acids is 3. The summed E-state index contributed by atoms with van der Waals surface area (Å²) in [7, 11) is 0. The lowest BCUT2D eigenvalue weighted by atomic mass is 9.75. The number of imide groups is 1. The Balaban J connectivity index is 1.78. The standard InChI is InChI=1S/C20H29N3O3/c1-5-22-13(2)11-16(14(22)3)17(24)12-23-18(25)20(4,21-19(23)26)15-9-7-6-8-10-15/h11,15H,5-10,12H2,1-4H3,(H,21,26)/t20-/m1/s1. The molecule has 0 bridgehead atoms. The van der Waals surface area contributed by atoms with Gasteiger partial charge in [-0.1, -0.05) is 19.3 Å². The first kappa shape index (κ1) is 18.7. The molecule has 142 valence electrons. The van der Waals surface area contributed by atoms with Crippen molar-refractivity contribution < 1.29 is 14.4 Å². The lowest BCUT2D eigenvalue weighted by Gasteiger charge is -2.34. The van der Waals surface area contributed by atoms with Gasteiger partial charge in [-0.2, -0.15) is 0 Å². The van der Waals surface area contributed by atoms with Gasteiger partial charge in [-0.3, -0.25) is 14.5 Å². The summed E-state index contributed by atoms with van der Waals surface area (Å²) >= 11 is 0. The molecule has 6 nitrogen and oxygen atoms in total. The van der Waals surface area contributed by atoms with Crippen molar-refractivity contribution in [1.29, 1.82) is 0 Å². The quantitative estimate of drug-likeness (QED) is 0.648. The molecule has 2 heterocycles. The van der Waals surface area contributed by atoms with E-state index >= 15 is 0 Å². The van der Waals surface area contributed by atoms with Gasteiger partial charge in [-0.15, -0.1) is 0 Å². The summed E-state index contributed by atoms with van der Waals surface area (Å²) in [5, 5.41) is 2.88. The smallest absolute Gasteiger partial charge is 0.325 e. The van der Waals surface area contributed by atoms with Gasteiger partial charge in [0.25, 0.3) is 5.91 Å². The highest BCUT2D eigenvalue weighted by Gasteiger charge is 2.52. The van der Waals surface area contributed by atoms with E-state index in [0.717, 1.165) is 48.5 Å². The van der Waals surface area contributed by atoms with Crippen LogP contribution in [0, 0.1) is 19.8 Å². The molecule has 0 radical (unpaired) electrons. The van der Waals surface area contributed by atoms with Gasteiger partial charge < -0.3 is 9.88 Å². The normalized spacial score (nSPS) is 24.2. The van der Waals surface area contributed by atoms with Crippen molar-refractivity contribution in [3.63, 3.8) is 0 Å². The SMILES string of the molecule is CCn1c(C)cc(C(=O)CN2C(=O)N[C@](C)(C3CCCCC3)C2=O)c1C. The minimum atomic E-state index is -0.877. The molecule has 6 heteroatoms. The number of nitrogens with zero attached hydrogens (tertiary/aromatic N) is 2. The molecule has 1 atom stereocenters. The second kappa shape index (κ2) is 6.89. The Morgan fingerprint density at radius 2 is 1.88 bits per heavy atom. The average Bonchev–Trinajstić information content (AvgIpc) is 3.03. The van der Waals surface area contributed by atoms with Crippen LogP contribution in [0.1, 0.15) is 67.7 Å². The summed E-state index contributed by atoms with van der Waals surface area (Å²) in [6.45, 7) is 8.30. The number of ketones is 1. The number of aromatic nitrogens is 1. The first-order valence-electron chi connectivity index (χ1n) is 9.63. The van der Waals surface area contributed by atoms with E-state index in [1.54, 1.807) is 0 Å². The topological polar surface area (TPSA) is 71.4 Å². The molecule has 3 rings (SSSR count). The van der Waals surface area contributed by atoms with Crippen LogP contribution in [-0.2, 0) is 11.3 Å². The lowest BCUT2D eigenvalue weighted by Crippen LogP contribution is -2.51. The third-order valence-electron chi connectivity index (χ3n) is 6.21. The van der Waals surface area contributed by atoms with Crippen molar-refractivity contribution in [3.8, 4) is 0 Å². The van der Waals surface area contributed by atoms with Crippen LogP contribution < -0.4 is 5.32 Å². The number of amides is 3. The number of carbonyl (C=O) groups is 3. The molecule has 3 amide bonds. The number of nitrogens with one attached hydrogen (secondary N) is 1. The van der Waals surface area contributed by atoms with Crippen molar-refractivity contribution in [1.82, 2.24) is 14.8 Å². The zero-order valence-corrected chi connectivity index (χ0v) is 16.2. The van der Waals surface area contributed by atoms with Crippen molar-refractivity contribution in [2.75, 3.05) is 6.54 Å². The second-order valence-electron chi connectivity index (χ2n) is 7.81. The second-order valence-corrected chi connectivity index (χ2v) is 7.81. The Morgan fingerprint density at radius 1 is 1.23 bits per heavy atom. The van der Waals surface area contributed by atoms with Crippen LogP contribution in [0.3, 0.4) is 0 Å². The summed E-state index contributed by atoms with van der Waals surface area (Å²) in [5.41, 5.74) is 1.61. The zero-order chi connectivity index (χ0) is 19.1. The maximum atomic E-state index is 13.0. The molecule has 1 aromatic rings. The lowest BCUT2D eigenvalue weighted by molar-refractivity contribution is -0.132. The molecule has 1 aliphatic carbocycles. The van der Waals surface area contributed by atoms with Crippen LogP contribution in [0.5, 0.6) is 0 Å². The largest absolute Gasteiger partial charge is 0.349 e. The molecule has 1 aliphatic heterocycles. The van der Waals surface area contributed by atoms with Gasteiger partial charge in [0.2, 0.25) is 0 Å². The molecule has 2 aliphatic rings. The molecule has 0 unspecified atom stereocenters. The third-order valence-corrected chi connectivity index (χ3v) is 6.21. The fourth-order valence-corrected chi connectivity index (χ4v) is 4.61. The third kappa shape index (κ3) is 2.95. The minimum absolute atomic E-state index is 0.151. The van der Waals surface area contributed by atoms with Crippen LogP contribution in [-0.4, -0.2) is 39.3 Å². The molecule has 1 saturated heterocycles. The fraction of sp³-hybridized carbons (Fsp3) is 0.650. The van der Waals surface area contributed by atoms with Gasteiger partial charge in [0.1, 0.15) is 5.54 Å². The number of Topliss-reactive ketones (excluding diaryl/α,β-unsaturated/α-hetero) is 1. The molecule has 0 spiro atoms. The van der Waals surface area contributed by atoms with E-state index < -0.39 is 11.6 Å². The maximum Gasteiger partial charge on any atom is 0.325 e. The van der Waals surface area contributed by atoms with Gasteiger partial charge >= 0.3 is 6.03 Å². The predicted molar refractivity (Wildman–Crippen MR) is 99.1 cm³/mol. The van der Waals surface area contributed by atoms with Crippen molar-refractivity contribution >= 4 is 17.7 Å². The van der Waals surface area contributed by atoms with E-state index in [-0.39, 0.29) is 24.2 Å². The highest BCUT2D eigenvalue weighted by Crippen LogP contribution is 2.36. The van der Waals surface area contributed by atoms with Crippen LogP contribution in [0.4, 0.5) is 4.79 Å². The van der Waals surface area contributed by atoms with Crippen molar-refractivity contribution in [2.24, 2.45) is 5.92 Å². The first-order chi connectivity index (χ1) is 12.3. The Kier molecular flexibility index (Phi) is 4.95. The van der Waals surface area contributed by atoms with Gasteiger partial charge in [-0.25, -0.2) is 4.79 Å². The van der Waals surface area contributed by atoms with Gasteiger partial charge in [0, 0.05) is 23.5 Å². The zero-order valence-electron chi connectivity index (χ0n) is 16.2. The number of aryl methyl sites for hydroxylation is 1. The van der Waals surface area contributed by atoms with E-state index in [0.29, 0.717) is 5.56 Å². The monoisotopic (exact) mass is 359 g/mol. The molecular formula is C20H29N3O3. The number of urea groups is 1. The van der Waals surface area contributed by atoms with E-state index in [4.69, 9.17) is 0 Å². The summed E-state index contributed by atoms with van der Waals surface area (Å²) < 4.78 is 2.06. The summed E-state index contributed by atoms with van der Waals surface area (Å²) in [5.74, 6) is -0.292. The molecule has 1 aromatic heterocycles. The fourth-order valence-electron chi connectivity index (χ4n) is 4.61. The highest BCUT2D eigenvalue weighted by molar-refractivity contribution is 6.11. The molecule has 1 saturated carbocycles. The van der Waals surface area contributed by atoms with E-state index in [2.05, 4.69) is 9.88 Å². The number of hydrogen-bond donors (Lipinski definition) is 1. The van der Waals surface area contributed by atoms with E-state index in [1.165, 1.54) is 6.42 Å². The number of rotatable bonds is 5. The van der Waals surface area contributed by atoms with Gasteiger partial charge in [0.05, 0.1) is 6.54 Å². The summed E-state index contributed by atoms with van der Waals surface area (Å²) in [4.78, 5) is 39.4. The first-order valence-corrected chi connectivity index (χ1v) is 9.63. The molecule has 0 aromatic carbocycles. The molecular weight excluding hydrogens is 330 g/mol. The number of hydrogen-bond acceptors (Lipinski definition) is 3. The summed E-state index contributed by atoms with van der Waals surface area (Å²) in [6, 6.07) is 1.40. The molecule has 2 fully saturated rings. The average molecular weight is 359 g/mol. The van der Waals surface area contributed by atoms with Crippen LogP contribution in [0.25, 0.3) is 0 Å². The van der Waals surface area contributed by atoms with E-state index in [9.17, 15) is 14.4 Å². The van der Waals surface area contributed by atoms with Crippen LogP contribution in [0.2, 0.25) is 0 Å². The Hall–Kier alpha value is -2.11. The Morgan fingerprint density at radius 3 is 2.46 bits per heavy atom. The van der Waals surface area contributed by atoms with Crippen LogP contribution >= 0.6 is 0 Å². The molecule has 26 heavy (non-hydrogen) atoms. The van der Waals surface area contributed by atoms with Crippen molar-refractivity contribution in [3.05, 3.63) is 23.0 Å². The van der Waals surface area contributed by atoms with Crippen molar-refractivity contribution in [2.45, 2.75) is 71.9 Å². The highest BCUT2D eigenvalue weighted by atomic mass is 16.2. The van der Waals surface area contributed by atoms with Crippen LogP contribution in [0.15, 0.2) is 6.07 Å². The summed E-state index contributed by atoms with van der Waals surface area (Å²) in [6.07, 6.45) is 5.25. The predicted octanol–water partition coefficient (Wildman–Crippen LogP) is 3.20. The van der Waals surface area contributed by atoms with Gasteiger partial charge in [0.15, 0.2) is 5.78 Å². The minimum Gasteiger partial charge on any atom is -0.349 e.